The number of alkyl carbamates (subject to hydrolysis) is 1. The molecule has 0 unspecified atom stereocenters. The normalized spacial score (nSPS) is 18.0. The first kappa shape index (κ1) is 34.5. The summed E-state index contributed by atoms with van der Waals surface area (Å²) in [4.78, 5) is 68.6. The van der Waals surface area contributed by atoms with Gasteiger partial charge in [0, 0.05) is 13.1 Å². The molecule has 0 saturated carbocycles. The number of nitrogens with two attached hydrogens (primary N) is 1. The van der Waals surface area contributed by atoms with E-state index in [4.69, 9.17) is 10.6 Å². The molecule has 13 nitrogen and oxygen atoms in total. The highest BCUT2D eigenvalue weighted by molar-refractivity contribution is 6.10. The van der Waals surface area contributed by atoms with E-state index in [1.54, 1.807) is 31.2 Å². The van der Waals surface area contributed by atoms with Crippen LogP contribution in [0.25, 0.3) is 0 Å². The van der Waals surface area contributed by atoms with Crippen molar-refractivity contribution in [2.75, 3.05) is 13.2 Å². The van der Waals surface area contributed by atoms with Gasteiger partial charge in [-0.25, -0.2) is 19.3 Å². The van der Waals surface area contributed by atoms with Crippen LogP contribution in [0, 0.1) is 11.8 Å². The smallest absolute Gasteiger partial charge is 0.407 e. The molecule has 1 saturated heterocycles. The summed E-state index contributed by atoms with van der Waals surface area (Å²) in [5, 5.41) is 17.9. The lowest BCUT2D eigenvalue weighted by Gasteiger charge is -2.32. The van der Waals surface area contributed by atoms with E-state index >= 15 is 0 Å². The van der Waals surface area contributed by atoms with E-state index in [-0.39, 0.29) is 31.4 Å². The summed E-state index contributed by atoms with van der Waals surface area (Å²) >= 11 is 0. The Morgan fingerprint density at radius 3 is 2.22 bits per heavy atom. The van der Waals surface area contributed by atoms with Gasteiger partial charge in [-0.15, -0.1) is 0 Å². The van der Waals surface area contributed by atoms with Crippen LogP contribution in [0.5, 0.6) is 0 Å². The number of carbonyl (C=O) groups excluding carboxylic acids is 4. The molecular weight excluding hydrogens is 580 g/mol. The second-order valence-electron chi connectivity index (χ2n) is 11.9. The fraction of sp³-hybridized carbons (Fsp3) is 0.438. The summed E-state index contributed by atoms with van der Waals surface area (Å²) in [6, 6.07) is 12.6. The Labute approximate surface area is 262 Å². The van der Waals surface area contributed by atoms with Crippen molar-refractivity contribution in [3.8, 4) is 0 Å². The molecule has 1 aliphatic rings. The third-order valence-corrected chi connectivity index (χ3v) is 7.42. The van der Waals surface area contributed by atoms with Gasteiger partial charge in [0.2, 0.25) is 5.91 Å². The van der Waals surface area contributed by atoms with E-state index < -0.39 is 54.1 Å². The Kier molecular flexibility index (Phi) is 11.7. The summed E-state index contributed by atoms with van der Waals surface area (Å²) in [7, 11) is 0. The van der Waals surface area contributed by atoms with Crippen LogP contribution < -0.4 is 16.5 Å². The molecule has 5 amide bonds. The van der Waals surface area contributed by atoms with Crippen LogP contribution in [-0.4, -0.2) is 76.3 Å². The fourth-order valence-electron chi connectivity index (χ4n) is 5.01. The summed E-state index contributed by atoms with van der Waals surface area (Å²) in [5.41, 5.74) is 0.516. The van der Waals surface area contributed by atoms with Gasteiger partial charge in [-0.05, 0) is 41.9 Å². The number of urea groups is 1. The number of ether oxygens (including phenoxy) is 1. The minimum atomic E-state index is -1.51. The van der Waals surface area contributed by atoms with E-state index in [0.717, 1.165) is 10.5 Å². The Morgan fingerprint density at radius 2 is 1.67 bits per heavy atom. The summed E-state index contributed by atoms with van der Waals surface area (Å²) < 4.78 is 5.00. The molecule has 1 fully saturated rings. The lowest BCUT2D eigenvalue weighted by molar-refractivity contribution is -0.141. The highest BCUT2D eigenvalue weighted by Gasteiger charge is 2.58. The van der Waals surface area contributed by atoms with Crippen molar-refractivity contribution in [1.82, 2.24) is 20.4 Å². The van der Waals surface area contributed by atoms with Gasteiger partial charge in [0.25, 0.3) is 5.91 Å². The van der Waals surface area contributed by atoms with E-state index in [1.807, 2.05) is 58.0 Å². The number of aliphatic carboxylic acids is 1. The maximum absolute atomic E-state index is 14.4. The molecule has 5 N–H and O–H groups in total. The summed E-state index contributed by atoms with van der Waals surface area (Å²) in [5.74, 6) is 2.47. The predicted octanol–water partition coefficient (Wildman–Crippen LogP) is 3.03. The van der Waals surface area contributed by atoms with E-state index in [1.165, 1.54) is 11.1 Å². The van der Waals surface area contributed by atoms with Gasteiger partial charge in [0.15, 0.2) is 0 Å². The first-order valence-electron chi connectivity index (χ1n) is 14.8. The van der Waals surface area contributed by atoms with Crippen LogP contribution >= 0.6 is 0 Å². The van der Waals surface area contributed by atoms with Crippen LogP contribution in [0.15, 0.2) is 59.7 Å². The van der Waals surface area contributed by atoms with Gasteiger partial charge >= 0.3 is 18.1 Å². The largest absolute Gasteiger partial charge is 0.480 e. The van der Waals surface area contributed by atoms with Crippen molar-refractivity contribution in [2.24, 2.45) is 22.8 Å². The maximum Gasteiger partial charge on any atom is 0.407 e. The number of nitrogens with zero attached hydrogens (tertiary/aromatic N) is 3. The molecule has 1 heterocycles. The quantitative estimate of drug-likeness (QED) is 0.107. The summed E-state index contributed by atoms with van der Waals surface area (Å²) in [6.07, 6.45) is 0.630. The molecule has 45 heavy (non-hydrogen) atoms. The average Bonchev–Trinajstić information content (AvgIpc) is 3.18. The van der Waals surface area contributed by atoms with Gasteiger partial charge in [-0.2, -0.15) is 5.10 Å². The number of carbonyl (C=O) groups is 5. The average molecular weight is 623 g/mol. The molecule has 0 aliphatic carbocycles. The zero-order chi connectivity index (χ0) is 33.3. The van der Waals surface area contributed by atoms with Crippen LogP contribution in [-0.2, 0) is 31.2 Å². The third-order valence-electron chi connectivity index (χ3n) is 7.42. The molecule has 0 radical (unpaired) electrons. The molecule has 2 aromatic carbocycles. The van der Waals surface area contributed by atoms with Gasteiger partial charge in [0.1, 0.15) is 17.6 Å². The molecule has 0 bridgehead atoms. The number of imide groups is 1. The highest BCUT2D eigenvalue weighted by atomic mass is 16.5. The molecule has 242 valence electrons. The topological polar surface area (TPSA) is 184 Å². The number of nitrogens with one attached hydrogen (secondary N) is 2. The van der Waals surface area contributed by atoms with Crippen molar-refractivity contribution >= 4 is 36.1 Å². The number of carboxylic acids is 1. The Hall–Kier alpha value is -4.94. The van der Waals surface area contributed by atoms with Gasteiger partial charge in [-0.3, -0.25) is 9.59 Å². The number of amides is 5. The van der Waals surface area contributed by atoms with Crippen molar-refractivity contribution in [3.63, 3.8) is 0 Å². The zero-order valence-electron chi connectivity index (χ0n) is 26.2. The van der Waals surface area contributed by atoms with Crippen LogP contribution in [0.4, 0.5) is 9.59 Å². The molecule has 0 aromatic heterocycles. The van der Waals surface area contributed by atoms with E-state index in [0.29, 0.717) is 11.1 Å². The van der Waals surface area contributed by atoms with Crippen molar-refractivity contribution in [2.45, 2.75) is 65.2 Å². The Bertz CT molecular complexity index is 1400. The lowest BCUT2D eigenvalue weighted by Crippen LogP contribution is -2.55. The maximum atomic E-state index is 14.4. The Morgan fingerprint density at radius 1 is 1.02 bits per heavy atom. The number of hydrogen-bond donors (Lipinski definition) is 4. The van der Waals surface area contributed by atoms with Crippen molar-refractivity contribution < 1.29 is 33.8 Å². The first-order valence-corrected chi connectivity index (χ1v) is 14.8. The number of carboxylic acid groups (broad SMARTS) is 1. The summed E-state index contributed by atoms with van der Waals surface area (Å²) in [6.45, 7) is 8.66. The SMILES string of the molecule is CC(C)COC(=O)N[C@@H](CNC(=O)[C@@H](CC(C)C)N1C(=O)N(Cc2ccccc2)[C@@](C)(c2ccc(C=NN)cc2)C1=O)C(=O)O. The fourth-order valence-corrected chi connectivity index (χ4v) is 5.01. The number of rotatable bonds is 14. The molecular formula is C32H42N6O7. The molecule has 2 aromatic rings. The van der Waals surface area contributed by atoms with E-state index in [9.17, 15) is 29.1 Å². The minimum absolute atomic E-state index is 0.0379. The molecule has 13 heteroatoms. The van der Waals surface area contributed by atoms with Crippen molar-refractivity contribution in [3.05, 3.63) is 71.3 Å². The minimum Gasteiger partial charge on any atom is -0.480 e. The van der Waals surface area contributed by atoms with Gasteiger partial charge in [0.05, 0.1) is 12.8 Å². The van der Waals surface area contributed by atoms with Crippen LogP contribution in [0.1, 0.15) is 57.7 Å². The Balaban J connectivity index is 1.95. The van der Waals surface area contributed by atoms with E-state index in [2.05, 4.69) is 15.7 Å². The monoisotopic (exact) mass is 622 g/mol. The van der Waals surface area contributed by atoms with Gasteiger partial charge < -0.3 is 31.2 Å². The van der Waals surface area contributed by atoms with Crippen LogP contribution in [0.2, 0.25) is 0 Å². The standard InChI is InChI=1S/C32H42N6O7/c1-20(2)15-26(27(39)34-17-25(28(40)41)36-30(43)45-19-21(3)4)38-29(42)32(5,24-13-11-22(12-14-24)16-35-33)37(31(38)44)18-23-9-7-6-8-10-23/h6-14,16,20-21,25-26H,15,17-19,33H2,1-5H3,(H,34,39)(H,36,43)(H,40,41)/t25-,26+,32-/m0/s1. The van der Waals surface area contributed by atoms with Crippen LogP contribution in [0.3, 0.4) is 0 Å². The van der Waals surface area contributed by atoms with Gasteiger partial charge in [-0.1, -0.05) is 82.3 Å². The number of hydrogen-bond acceptors (Lipinski definition) is 8. The number of benzene rings is 2. The second-order valence-corrected chi connectivity index (χ2v) is 11.9. The predicted molar refractivity (Wildman–Crippen MR) is 167 cm³/mol. The van der Waals surface area contributed by atoms with Crippen molar-refractivity contribution in [1.29, 1.82) is 0 Å². The first-order chi connectivity index (χ1) is 21.3. The highest BCUT2D eigenvalue weighted by Crippen LogP contribution is 2.40. The second kappa shape index (κ2) is 15.2. The molecule has 3 rings (SSSR count). The molecule has 3 atom stereocenters. The lowest BCUT2D eigenvalue weighted by atomic mass is 9.88. The third kappa shape index (κ3) is 8.37. The molecule has 0 spiro atoms. The zero-order valence-corrected chi connectivity index (χ0v) is 26.2. The molecule has 1 aliphatic heterocycles. The number of hydrazone groups is 1.